The molecule has 2 rings (SSSR count). The number of aromatic nitrogens is 2. The molecular weight excluding hydrogens is 427 g/mol. The molecule has 0 bridgehead atoms. The molecule has 3 N–H and O–H groups in total. The molecule has 0 unspecified atom stereocenters. The molecule has 2 aromatic rings. The van der Waals surface area contributed by atoms with Gasteiger partial charge in [-0.2, -0.15) is 13.2 Å². The van der Waals surface area contributed by atoms with Gasteiger partial charge in [-0.05, 0) is 31.5 Å². The highest BCUT2D eigenvalue weighted by Gasteiger charge is 2.35. The maximum absolute atomic E-state index is 13.6. The molecule has 1 aromatic carbocycles. The second-order valence-electron chi connectivity index (χ2n) is 8.02. The third kappa shape index (κ3) is 7.73. The van der Waals surface area contributed by atoms with Crippen LogP contribution in [0.4, 0.5) is 13.2 Å². The lowest BCUT2D eigenvalue weighted by molar-refractivity contribution is -0.138. The summed E-state index contributed by atoms with van der Waals surface area (Å²) in [4.78, 5) is 0. The van der Waals surface area contributed by atoms with E-state index in [1.165, 1.54) is 37.8 Å². The monoisotopic (exact) mass is 459 g/mol. The maximum atomic E-state index is 13.6. The zero-order valence-electron chi connectivity index (χ0n) is 18.2. The van der Waals surface area contributed by atoms with E-state index < -0.39 is 17.3 Å². The summed E-state index contributed by atoms with van der Waals surface area (Å²) in [5.74, 6) is -0.178. The summed E-state index contributed by atoms with van der Waals surface area (Å²) in [6.07, 6.45) is 4.28. The maximum Gasteiger partial charge on any atom is 0.419 e. The van der Waals surface area contributed by atoms with Crippen LogP contribution in [0, 0.1) is 0 Å². The van der Waals surface area contributed by atoms with Crippen molar-refractivity contribution in [1.29, 1.82) is 0 Å². The van der Waals surface area contributed by atoms with E-state index in [0.717, 1.165) is 43.1 Å². The Morgan fingerprint density at radius 1 is 1.03 bits per heavy atom. The minimum Gasteiger partial charge on any atom is -0.493 e. The molecule has 0 saturated heterocycles. The number of alkyl halides is 3. The molecule has 0 aliphatic carbocycles. The average Bonchev–Trinajstić information content (AvgIpc) is 3.23. The fraction of sp³-hybridized carbons (Fsp3) is 0.636. The standard InChI is InChI=1S/C22H32F3N3O2S/c1-3-4-5-6-7-8-9-10-13-30-18-12-11-16(14-17(18)22(23,24)25)19-27-28-20(31-19)21(2,26)15-29/h11-12,14,29H,3-10,13,15,26H2,1-2H3/t21-/m0/s1. The van der Waals surface area contributed by atoms with Crippen LogP contribution in [-0.4, -0.2) is 28.5 Å². The second kappa shape index (κ2) is 11.8. The molecular formula is C22H32F3N3O2S. The highest BCUT2D eigenvalue weighted by molar-refractivity contribution is 7.14. The molecule has 0 aliphatic heterocycles. The lowest BCUT2D eigenvalue weighted by atomic mass is 10.1. The SMILES string of the molecule is CCCCCCCCCCOc1ccc(-c2nnc([C@@](C)(N)CO)s2)cc1C(F)(F)F. The highest BCUT2D eigenvalue weighted by atomic mass is 32.1. The Balaban J connectivity index is 1.99. The van der Waals surface area contributed by atoms with Gasteiger partial charge in [0, 0.05) is 5.56 Å². The molecule has 0 amide bonds. The minimum atomic E-state index is -4.55. The predicted molar refractivity (Wildman–Crippen MR) is 117 cm³/mol. The second-order valence-corrected chi connectivity index (χ2v) is 9.00. The first-order valence-electron chi connectivity index (χ1n) is 10.8. The van der Waals surface area contributed by atoms with E-state index in [2.05, 4.69) is 17.1 Å². The Morgan fingerprint density at radius 2 is 1.68 bits per heavy atom. The van der Waals surface area contributed by atoms with E-state index in [1.807, 2.05) is 0 Å². The van der Waals surface area contributed by atoms with Crippen molar-refractivity contribution in [3.63, 3.8) is 0 Å². The molecule has 1 atom stereocenters. The first kappa shape index (κ1) is 25.5. The Hall–Kier alpha value is -1.71. The van der Waals surface area contributed by atoms with Crippen LogP contribution in [0.15, 0.2) is 18.2 Å². The lowest BCUT2D eigenvalue weighted by Crippen LogP contribution is -2.36. The molecule has 9 heteroatoms. The van der Waals surface area contributed by atoms with Gasteiger partial charge in [0.1, 0.15) is 15.8 Å². The van der Waals surface area contributed by atoms with Crippen LogP contribution in [0.2, 0.25) is 0 Å². The van der Waals surface area contributed by atoms with Crippen LogP contribution in [0.25, 0.3) is 10.6 Å². The molecule has 31 heavy (non-hydrogen) atoms. The number of aliphatic hydroxyl groups excluding tert-OH is 1. The molecule has 1 aromatic heterocycles. The highest BCUT2D eigenvalue weighted by Crippen LogP contribution is 2.39. The van der Waals surface area contributed by atoms with Gasteiger partial charge in [-0.25, -0.2) is 0 Å². The number of hydrogen-bond acceptors (Lipinski definition) is 6. The largest absolute Gasteiger partial charge is 0.493 e. The predicted octanol–water partition coefficient (Wildman–Crippen LogP) is 5.91. The van der Waals surface area contributed by atoms with Gasteiger partial charge in [-0.1, -0.05) is 63.2 Å². The number of nitrogens with two attached hydrogens (primary N) is 1. The third-order valence-corrected chi connectivity index (χ3v) is 6.28. The quantitative estimate of drug-likeness (QED) is 0.364. The molecule has 0 fully saturated rings. The fourth-order valence-electron chi connectivity index (χ4n) is 3.07. The summed E-state index contributed by atoms with van der Waals surface area (Å²) < 4.78 is 46.3. The van der Waals surface area contributed by atoms with Crippen molar-refractivity contribution in [2.75, 3.05) is 13.2 Å². The summed E-state index contributed by atoms with van der Waals surface area (Å²) in [5, 5.41) is 17.9. The molecule has 1 heterocycles. The average molecular weight is 460 g/mol. The van der Waals surface area contributed by atoms with Crippen LogP contribution in [0.5, 0.6) is 5.75 Å². The number of ether oxygens (including phenoxy) is 1. The van der Waals surface area contributed by atoms with Gasteiger partial charge in [0.25, 0.3) is 0 Å². The number of aliphatic hydroxyl groups is 1. The van der Waals surface area contributed by atoms with Crippen molar-refractivity contribution in [3.8, 4) is 16.3 Å². The van der Waals surface area contributed by atoms with Crippen LogP contribution in [0.1, 0.15) is 75.8 Å². The van der Waals surface area contributed by atoms with Gasteiger partial charge in [0.2, 0.25) is 0 Å². The van der Waals surface area contributed by atoms with E-state index in [0.29, 0.717) is 10.0 Å². The molecule has 0 spiro atoms. The van der Waals surface area contributed by atoms with E-state index >= 15 is 0 Å². The molecule has 5 nitrogen and oxygen atoms in total. The van der Waals surface area contributed by atoms with Gasteiger partial charge < -0.3 is 15.6 Å². The van der Waals surface area contributed by atoms with E-state index in [4.69, 9.17) is 10.5 Å². The topological polar surface area (TPSA) is 81.3 Å². The van der Waals surface area contributed by atoms with Gasteiger partial charge in [0.05, 0.1) is 24.3 Å². The van der Waals surface area contributed by atoms with Crippen molar-refractivity contribution in [2.24, 2.45) is 5.73 Å². The number of unbranched alkanes of at least 4 members (excludes halogenated alkanes) is 7. The van der Waals surface area contributed by atoms with Gasteiger partial charge in [-0.15, -0.1) is 10.2 Å². The van der Waals surface area contributed by atoms with Crippen LogP contribution < -0.4 is 10.5 Å². The van der Waals surface area contributed by atoms with Crippen molar-refractivity contribution >= 4 is 11.3 Å². The minimum absolute atomic E-state index is 0.178. The smallest absolute Gasteiger partial charge is 0.419 e. The summed E-state index contributed by atoms with van der Waals surface area (Å²) in [5.41, 5.74) is 4.28. The van der Waals surface area contributed by atoms with Gasteiger partial charge in [-0.3, -0.25) is 0 Å². The first-order chi connectivity index (χ1) is 14.7. The Kier molecular flexibility index (Phi) is 9.71. The van der Waals surface area contributed by atoms with Gasteiger partial charge >= 0.3 is 6.18 Å². The molecule has 0 saturated carbocycles. The number of benzene rings is 1. The molecule has 0 aliphatic rings. The summed E-state index contributed by atoms with van der Waals surface area (Å²) in [6.45, 7) is 3.67. The number of halogens is 3. The van der Waals surface area contributed by atoms with E-state index in [1.54, 1.807) is 6.92 Å². The number of nitrogens with zero attached hydrogens (tertiary/aromatic N) is 2. The molecule has 174 valence electrons. The Bertz CT molecular complexity index is 810. The van der Waals surface area contributed by atoms with Crippen molar-refractivity contribution in [3.05, 3.63) is 28.8 Å². The summed E-state index contributed by atoms with van der Waals surface area (Å²) >= 11 is 1.06. The molecule has 0 radical (unpaired) electrons. The van der Waals surface area contributed by atoms with E-state index in [-0.39, 0.29) is 24.5 Å². The Morgan fingerprint density at radius 3 is 2.29 bits per heavy atom. The van der Waals surface area contributed by atoms with Crippen molar-refractivity contribution in [1.82, 2.24) is 10.2 Å². The zero-order chi connectivity index (χ0) is 22.9. The Labute approximate surface area is 185 Å². The summed E-state index contributed by atoms with van der Waals surface area (Å²) in [6, 6.07) is 3.90. The third-order valence-electron chi connectivity index (χ3n) is 5.03. The number of hydrogen-bond donors (Lipinski definition) is 2. The first-order valence-corrected chi connectivity index (χ1v) is 11.6. The fourth-order valence-corrected chi connectivity index (χ4v) is 3.96. The summed E-state index contributed by atoms with van der Waals surface area (Å²) in [7, 11) is 0. The normalized spacial score (nSPS) is 13.9. The number of rotatable bonds is 13. The van der Waals surface area contributed by atoms with Crippen LogP contribution in [-0.2, 0) is 11.7 Å². The lowest BCUT2D eigenvalue weighted by Gasteiger charge is -2.17. The van der Waals surface area contributed by atoms with Crippen LogP contribution >= 0.6 is 11.3 Å². The van der Waals surface area contributed by atoms with E-state index in [9.17, 15) is 18.3 Å². The van der Waals surface area contributed by atoms with Crippen molar-refractivity contribution in [2.45, 2.75) is 76.9 Å². The van der Waals surface area contributed by atoms with Crippen molar-refractivity contribution < 1.29 is 23.0 Å². The van der Waals surface area contributed by atoms with Crippen LogP contribution in [0.3, 0.4) is 0 Å². The zero-order valence-corrected chi connectivity index (χ0v) is 19.0. The van der Waals surface area contributed by atoms with Gasteiger partial charge in [0.15, 0.2) is 0 Å².